The average molecular weight is 398 g/mol. The molecular weight excluding hydrogens is 376 g/mol. The lowest BCUT2D eigenvalue weighted by Crippen LogP contribution is -2.25. The summed E-state index contributed by atoms with van der Waals surface area (Å²) in [6.45, 7) is 1.95. The van der Waals surface area contributed by atoms with Crippen molar-refractivity contribution in [3.05, 3.63) is 51.6 Å². The number of benzene rings is 2. The molecule has 7 heteroatoms. The second kappa shape index (κ2) is 7.95. The first-order chi connectivity index (χ1) is 13.9. The molecular formula is C22H22O7. The standard InChI is InChI=1S/C22H22O7/c1-6-7-11-8-13-18(21(28-4)16(11)22(25)29-5)20(24)17-14(19(13)23)9-12(26-2)10-15(17)27-3/h8-10H,6-7H2,1-5H3. The lowest BCUT2D eigenvalue weighted by molar-refractivity contribution is 0.0595. The van der Waals surface area contributed by atoms with E-state index >= 15 is 0 Å². The Balaban J connectivity index is 2.39. The summed E-state index contributed by atoms with van der Waals surface area (Å²) in [5.74, 6) is -0.793. The van der Waals surface area contributed by atoms with Crippen molar-refractivity contribution in [3.63, 3.8) is 0 Å². The van der Waals surface area contributed by atoms with Crippen LogP contribution in [0.3, 0.4) is 0 Å². The number of esters is 1. The van der Waals surface area contributed by atoms with Crippen molar-refractivity contribution in [2.75, 3.05) is 28.4 Å². The van der Waals surface area contributed by atoms with E-state index in [0.717, 1.165) is 6.42 Å². The highest BCUT2D eigenvalue weighted by molar-refractivity contribution is 6.31. The van der Waals surface area contributed by atoms with Gasteiger partial charge in [-0.3, -0.25) is 9.59 Å². The molecule has 1 aliphatic carbocycles. The Morgan fingerprint density at radius 3 is 2.10 bits per heavy atom. The van der Waals surface area contributed by atoms with E-state index in [9.17, 15) is 14.4 Å². The van der Waals surface area contributed by atoms with Gasteiger partial charge in [-0.1, -0.05) is 13.3 Å². The van der Waals surface area contributed by atoms with Crippen LogP contribution in [0.4, 0.5) is 0 Å². The number of hydrogen-bond acceptors (Lipinski definition) is 7. The highest BCUT2D eigenvalue weighted by Gasteiger charge is 2.38. The van der Waals surface area contributed by atoms with E-state index in [1.54, 1.807) is 6.07 Å². The zero-order valence-corrected chi connectivity index (χ0v) is 17.0. The van der Waals surface area contributed by atoms with Gasteiger partial charge >= 0.3 is 5.97 Å². The van der Waals surface area contributed by atoms with Crippen molar-refractivity contribution in [3.8, 4) is 17.2 Å². The van der Waals surface area contributed by atoms with E-state index in [-0.39, 0.29) is 45.1 Å². The second-order valence-electron chi connectivity index (χ2n) is 6.52. The van der Waals surface area contributed by atoms with Crippen LogP contribution in [-0.4, -0.2) is 46.0 Å². The fourth-order valence-corrected chi connectivity index (χ4v) is 3.67. The maximum absolute atomic E-state index is 13.4. The lowest BCUT2D eigenvalue weighted by Gasteiger charge is -2.24. The summed E-state index contributed by atoms with van der Waals surface area (Å²) in [7, 11) is 5.49. The van der Waals surface area contributed by atoms with Crippen LogP contribution in [0.2, 0.25) is 0 Å². The van der Waals surface area contributed by atoms with Gasteiger partial charge in [-0.05, 0) is 24.1 Å². The predicted molar refractivity (Wildman–Crippen MR) is 105 cm³/mol. The highest BCUT2D eigenvalue weighted by atomic mass is 16.5. The van der Waals surface area contributed by atoms with Crippen LogP contribution in [0.25, 0.3) is 0 Å². The molecule has 0 aliphatic heterocycles. The van der Waals surface area contributed by atoms with Crippen LogP contribution >= 0.6 is 0 Å². The molecule has 0 bridgehead atoms. The number of methoxy groups -OCH3 is 4. The van der Waals surface area contributed by atoms with Gasteiger partial charge in [0.05, 0.1) is 39.6 Å². The molecule has 1 aliphatic rings. The second-order valence-corrected chi connectivity index (χ2v) is 6.52. The van der Waals surface area contributed by atoms with Crippen LogP contribution in [-0.2, 0) is 11.2 Å². The molecule has 152 valence electrons. The largest absolute Gasteiger partial charge is 0.497 e. The number of ether oxygens (including phenoxy) is 4. The number of ketones is 2. The van der Waals surface area contributed by atoms with Crippen molar-refractivity contribution in [2.45, 2.75) is 19.8 Å². The molecule has 0 fully saturated rings. The number of rotatable bonds is 6. The minimum absolute atomic E-state index is 0.0359. The highest BCUT2D eigenvalue weighted by Crippen LogP contribution is 2.42. The third-order valence-electron chi connectivity index (χ3n) is 4.95. The van der Waals surface area contributed by atoms with Gasteiger partial charge in [0.1, 0.15) is 22.8 Å². The molecule has 2 aromatic rings. The van der Waals surface area contributed by atoms with Crippen molar-refractivity contribution >= 4 is 17.5 Å². The van der Waals surface area contributed by atoms with Crippen LogP contribution in [0.1, 0.15) is 61.1 Å². The summed E-state index contributed by atoms with van der Waals surface area (Å²) in [6, 6.07) is 4.64. The van der Waals surface area contributed by atoms with Gasteiger partial charge in [0.25, 0.3) is 0 Å². The maximum atomic E-state index is 13.4. The molecule has 0 N–H and O–H groups in total. The average Bonchev–Trinajstić information content (AvgIpc) is 2.75. The molecule has 2 aromatic carbocycles. The Morgan fingerprint density at radius 2 is 1.55 bits per heavy atom. The molecule has 0 aromatic heterocycles. The van der Waals surface area contributed by atoms with Gasteiger partial charge in [-0.2, -0.15) is 0 Å². The molecule has 0 saturated heterocycles. The first kappa shape index (κ1) is 20.4. The fraction of sp³-hybridized carbons (Fsp3) is 0.318. The summed E-state index contributed by atoms with van der Waals surface area (Å²) in [5.41, 5.74) is 1.28. The van der Waals surface area contributed by atoms with E-state index in [1.807, 2.05) is 6.92 Å². The summed E-state index contributed by atoms with van der Waals surface area (Å²) < 4.78 is 20.9. The zero-order valence-electron chi connectivity index (χ0n) is 17.0. The molecule has 0 radical (unpaired) electrons. The third kappa shape index (κ3) is 3.12. The molecule has 0 amide bonds. The molecule has 0 saturated carbocycles. The number of hydrogen-bond donors (Lipinski definition) is 0. The Kier molecular flexibility index (Phi) is 5.59. The summed E-state index contributed by atoms with van der Waals surface area (Å²) >= 11 is 0. The number of carbonyl (C=O) groups is 3. The van der Waals surface area contributed by atoms with Crippen molar-refractivity contribution in [1.29, 1.82) is 0 Å². The zero-order chi connectivity index (χ0) is 21.3. The van der Waals surface area contributed by atoms with Crippen molar-refractivity contribution in [2.24, 2.45) is 0 Å². The SMILES string of the molecule is CCCc1cc2c(c(OC)c1C(=O)OC)C(=O)c1c(OC)cc(OC)cc1C2=O. The van der Waals surface area contributed by atoms with Gasteiger partial charge in [-0.25, -0.2) is 4.79 Å². The van der Waals surface area contributed by atoms with Gasteiger partial charge < -0.3 is 18.9 Å². The van der Waals surface area contributed by atoms with E-state index in [4.69, 9.17) is 18.9 Å². The first-order valence-electron chi connectivity index (χ1n) is 9.10. The molecule has 3 rings (SSSR count). The molecule has 29 heavy (non-hydrogen) atoms. The minimum Gasteiger partial charge on any atom is -0.497 e. The predicted octanol–water partition coefficient (Wildman–Crippen LogP) is 3.23. The van der Waals surface area contributed by atoms with E-state index in [2.05, 4.69) is 0 Å². The van der Waals surface area contributed by atoms with Crippen LogP contribution in [0.15, 0.2) is 18.2 Å². The fourth-order valence-electron chi connectivity index (χ4n) is 3.67. The lowest BCUT2D eigenvalue weighted by atomic mass is 9.80. The molecule has 0 atom stereocenters. The Hall–Kier alpha value is -3.35. The van der Waals surface area contributed by atoms with E-state index < -0.39 is 11.8 Å². The van der Waals surface area contributed by atoms with Crippen LogP contribution < -0.4 is 14.2 Å². The minimum atomic E-state index is -0.624. The first-order valence-corrected chi connectivity index (χ1v) is 9.10. The monoisotopic (exact) mass is 398 g/mol. The summed E-state index contributed by atoms with van der Waals surface area (Å²) in [6.07, 6.45) is 1.25. The normalized spacial score (nSPS) is 12.2. The molecule has 0 heterocycles. The summed E-state index contributed by atoms with van der Waals surface area (Å²) in [4.78, 5) is 39.2. The van der Waals surface area contributed by atoms with Gasteiger partial charge in [0.2, 0.25) is 5.78 Å². The van der Waals surface area contributed by atoms with Crippen molar-refractivity contribution in [1.82, 2.24) is 0 Å². The van der Waals surface area contributed by atoms with Gasteiger partial charge in [-0.15, -0.1) is 0 Å². The number of carbonyl (C=O) groups excluding carboxylic acids is 3. The van der Waals surface area contributed by atoms with Crippen molar-refractivity contribution < 1.29 is 33.3 Å². The topological polar surface area (TPSA) is 88.1 Å². The quantitative estimate of drug-likeness (QED) is 0.589. The van der Waals surface area contributed by atoms with Gasteiger partial charge in [0, 0.05) is 17.2 Å². The van der Waals surface area contributed by atoms with E-state index in [1.165, 1.54) is 40.6 Å². The number of fused-ring (bicyclic) bond motifs is 2. The Labute approximate surface area is 168 Å². The Morgan fingerprint density at radius 1 is 0.862 bits per heavy atom. The number of aryl methyl sites for hydroxylation is 1. The molecule has 7 nitrogen and oxygen atoms in total. The third-order valence-corrected chi connectivity index (χ3v) is 4.95. The maximum Gasteiger partial charge on any atom is 0.341 e. The van der Waals surface area contributed by atoms with Gasteiger partial charge in [0.15, 0.2) is 5.78 Å². The summed E-state index contributed by atoms with van der Waals surface area (Å²) in [5, 5.41) is 0. The van der Waals surface area contributed by atoms with Crippen LogP contribution in [0, 0.1) is 0 Å². The van der Waals surface area contributed by atoms with Crippen LogP contribution in [0.5, 0.6) is 17.2 Å². The molecule has 0 spiro atoms. The van der Waals surface area contributed by atoms with E-state index in [0.29, 0.717) is 17.7 Å². The smallest absolute Gasteiger partial charge is 0.341 e. The Bertz CT molecular complexity index is 1020. The molecule has 0 unspecified atom stereocenters.